The molecule has 0 radical (unpaired) electrons. The lowest BCUT2D eigenvalue weighted by molar-refractivity contribution is -0.137. The molecule has 1 saturated heterocycles. The average Bonchev–Trinajstić information content (AvgIpc) is 3.01. The van der Waals surface area contributed by atoms with Crippen molar-refractivity contribution in [2.45, 2.75) is 39.7 Å². The second kappa shape index (κ2) is 14.9. The molecule has 2 aromatic carbocycles. The number of nitrogens with zero attached hydrogens (tertiary/aromatic N) is 3. The molecule has 4 aromatic rings. The molecule has 2 aromatic heterocycles. The second-order valence-corrected chi connectivity index (χ2v) is 10.9. The van der Waals surface area contributed by atoms with Crippen LogP contribution in [0.15, 0.2) is 60.9 Å². The molecule has 3 N–H and O–H groups in total. The number of anilines is 2. The maximum Gasteiger partial charge on any atom is 0.303 e. The van der Waals surface area contributed by atoms with Crippen molar-refractivity contribution in [1.29, 1.82) is 0 Å². The monoisotopic (exact) mass is 583 g/mol. The standard InChI is InChI=1S/C34H41N5O4/c1-24-28(29-8-4-10-31(25(29)2)43-18-6-15-39-16-19-42-20-17-39)7-3-9-30(24)38-34-33-27(12-14-36-34)21-26(23-37-33)22-35-13-5-11-32(40)41/h3-4,7-10,12,14,21,23,35H,5-6,11,13,15-20,22H2,1-2H3,(H,36,38)(H,40,41). The zero-order valence-corrected chi connectivity index (χ0v) is 25.1. The lowest BCUT2D eigenvalue weighted by atomic mass is 9.95. The smallest absolute Gasteiger partial charge is 0.303 e. The van der Waals surface area contributed by atoms with Crippen molar-refractivity contribution >= 4 is 28.4 Å². The summed E-state index contributed by atoms with van der Waals surface area (Å²) in [4.78, 5) is 22.5. The molecule has 1 aliphatic heterocycles. The van der Waals surface area contributed by atoms with E-state index in [1.807, 2.05) is 12.3 Å². The molecule has 1 fully saturated rings. The van der Waals surface area contributed by atoms with Gasteiger partial charge in [0, 0.05) is 56.1 Å². The SMILES string of the molecule is Cc1c(Nc2nccc3cc(CNCCCC(=O)O)cnc23)cccc1-c1cccc(OCCCN2CCOCC2)c1C. The normalized spacial score (nSPS) is 13.7. The van der Waals surface area contributed by atoms with E-state index < -0.39 is 5.97 Å². The molecule has 0 spiro atoms. The molecule has 0 bridgehead atoms. The Morgan fingerprint density at radius 3 is 2.63 bits per heavy atom. The summed E-state index contributed by atoms with van der Waals surface area (Å²) in [6.45, 7) is 10.9. The van der Waals surface area contributed by atoms with Crippen molar-refractivity contribution in [2.24, 2.45) is 0 Å². The van der Waals surface area contributed by atoms with Crippen LogP contribution >= 0.6 is 0 Å². The number of rotatable bonds is 14. The Bertz CT molecular complexity index is 1540. The molecule has 226 valence electrons. The zero-order valence-electron chi connectivity index (χ0n) is 25.1. The Labute approximate surface area is 253 Å². The van der Waals surface area contributed by atoms with Crippen LogP contribution in [0, 0.1) is 13.8 Å². The Balaban J connectivity index is 1.26. The molecule has 5 rings (SSSR count). The van der Waals surface area contributed by atoms with Gasteiger partial charge in [0.15, 0.2) is 5.82 Å². The summed E-state index contributed by atoms with van der Waals surface area (Å²) in [7, 11) is 0. The minimum Gasteiger partial charge on any atom is -0.493 e. The summed E-state index contributed by atoms with van der Waals surface area (Å²) < 4.78 is 11.7. The Kier molecular flexibility index (Phi) is 10.5. The second-order valence-electron chi connectivity index (χ2n) is 10.9. The van der Waals surface area contributed by atoms with E-state index in [9.17, 15) is 4.79 Å². The number of aromatic nitrogens is 2. The predicted octanol–water partition coefficient (Wildman–Crippen LogP) is 5.71. The molecule has 3 heterocycles. The van der Waals surface area contributed by atoms with Gasteiger partial charge in [-0.1, -0.05) is 24.3 Å². The van der Waals surface area contributed by atoms with E-state index in [0.717, 1.165) is 89.4 Å². The van der Waals surface area contributed by atoms with Crippen LogP contribution < -0.4 is 15.4 Å². The van der Waals surface area contributed by atoms with Gasteiger partial charge >= 0.3 is 5.97 Å². The van der Waals surface area contributed by atoms with E-state index in [0.29, 0.717) is 31.9 Å². The van der Waals surface area contributed by atoms with E-state index in [1.54, 1.807) is 6.20 Å². The van der Waals surface area contributed by atoms with Crippen molar-refractivity contribution in [3.05, 3.63) is 77.6 Å². The Hall–Kier alpha value is -4.05. The first-order valence-electron chi connectivity index (χ1n) is 15.1. The number of hydrogen-bond acceptors (Lipinski definition) is 8. The fourth-order valence-corrected chi connectivity index (χ4v) is 5.44. The van der Waals surface area contributed by atoms with Crippen LogP contribution in [0.1, 0.15) is 36.0 Å². The van der Waals surface area contributed by atoms with Crippen LogP contribution in [-0.2, 0) is 16.1 Å². The highest BCUT2D eigenvalue weighted by Gasteiger charge is 2.14. The quantitative estimate of drug-likeness (QED) is 0.161. The van der Waals surface area contributed by atoms with Gasteiger partial charge in [-0.3, -0.25) is 14.7 Å². The predicted molar refractivity (Wildman–Crippen MR) is 170 cm³/mol. The van der Waals surface area contributed by atoms with Crippen LogP contribution in [0.3, 0.4) is 0 Å². The first-order chi connectivity index (χ1) is 21.0. The summed E-state index contributed by atoms with van der Waals surface area (Å²) in [6, 6.07) is 16.6. The Morgan fingerprint density at radius 2 is 1.81 bits per heavy atom. The molecule has 0 atom stereocenters. The van der Waals surface area contributed by atoms with Crippen molar-refractivity contribution in [1.82, 2.24) is 20.2 Å². The molecular weight excluding hydrogens is 542 g/mol. The van der Waals surface area contributed by atoms with Crippen LogP contribution in [-0.4, -0.2) is 71.9 Å². The van der Waals surface area contributed by atoms with Gasteiger partial charge in [0.05, 0.1) is 19.8 Å². The van der Waals surface area contributed by atoms with Gasteiger partial charge in [0.25, 0.3) is 0 Å². The number of carbonyl (C=O) groups is 1. The lowest BCUT2D eigenvalue weighted by Crippen LogP contribution is -2.37. The zero-order chi connectivity index (χ0) is 30.0. The van der Waals surface area contributed by atoms with Crippen molar-refractivity contribution in [2.75, 3.05) is 51.3 Å². The molecule has 0 saturated carbocycles. The van der Waals surface area contributed by atoms with E-state index in [-0.39, 0.29) is 6.42 Å². The fourth-order valence-electron chi connectivity index (χ4n) is 5.44. The number of morpholine rings is 1. The van der Waals surface area contributed by atoms with E-state index in [1.165, 1.54) is 0 Å². The summed E-state index contributed by atoms with van der Waals surface area (Å²) in [5.74, 6) is 0.850. The lowest BCUT2D eigenvalue weighted by Gasteiger charge is -2.26. The molecule has 9 nitrogen and oxygen atoms in total. The molecule has 1 aliphatic rings. The number of ether oxygens (including phenoxy) is 2. The van der Waals surface area contributed by atoms with Gasteiger partial charge in [-0.15, -0.1) is 0 Å². The third-order valence-electron chi connectivity index (χ3n) is 7.87. The average molecular weight is 584 g/mol. The van der Waals surface area contributed by atoms with Gasteiger partial charge in [-0.2, -0.15) is 0 Å². The third-order valence-corrected chi connectivity index (χ3v) is 7.87. The number of aliphatic carboxylic acids is 1. The summed E-state index contributed by atoms with van der Waals surface area (Å²) in [5, 5.41) is 16.6. The van der Waals surface area contributed by atoms with E-state index in [4.69, 9.17) is 19.6 Å². The van der Waals surface area contributed by atoms with Crippen LogP contribution in [0.5, 0.6) is 5.75 Å². The first-order valence-corrected chi connectivity index (χ1v) is 15.1. The maximum absolute atomic E-state index is 10.7. The van der Waals surface area contributed by atoms with Crippen molar-refractivity contribution < 1.29 is 19.4 Å². The molecule has 0 amide bonds. The molecule has 43 heavy (non-hydrogen) atoms. The number of nitrogens with one attached hydrogen (secondary N) is 2. The maximum atomic E-state index is 10.7. The number of pyridine rings is 2. The van der Waals surface area contributed by atoms with Gasteiger partial charge in [-0.25, -0.2) is 4.98 Å². The summed E-state index contributed by atoms with van der Waals surface area (Å²) in [5.41, 5.74) is 7.35. The number of benzene rings is 2. The first kappa shape index (κ1) is 30.4. The fraction of sp³-hybridized carbons (Fsp3) is 0.382. The Morgan fingerprint density at radius 1 is 1.02 bits per heavy atom. The number of carboxylic acids is 1. The van der Waals surface area contributed by atoms with E-state index in [2.05, 4.69) is 76.8 Å². The topological polar surface area (TPSA) is 109 Å². The minimum atomic E-state index is -0.772. The number of carboxylic acid groups (broad SMARTS) is 1. The highest BCUT2D eigenvalue weighted by molar-refractivity contribution is 5.91. The highest BCUT2D eigenvalue weighted by atomic mass is 16.5. The summed E-state index contributed by atoms with van der Waals surface area (Å²) in [6.07, 6.45) is 5.38. The molecular formula is C34H41N5O4. The molecule has 0 aliphatic carbocycles. The van der Waals surface area contributed by atoms with Gasteiger partial charge in [0.2, 0.25) is 0 Å². The van der Waals surface area contributed by atoms with E-state index >= 15 is 0 Å². The molecule has 0 unspecified atom stereocenters. The van der Waals surface area contributed by atoms with Crippen molar-refractivity contribution in [3.8, 4) is 16.9 Å². The van der Waals surface area contributed by atoms with Crippen LogP contribution in [0.4, 0.5) is 11.5 Å². The van der Waals surface area contributed by atoms with Crippen molar-refractivity contribution in [3.63, 3.8) is 0 Å². The van der Waals surface area contributed by atoms with Gasteiger partial charge in [0.1, 0.15) is 11.3 Å². The summed E-state index contributed by atoms with van der Waals surface area (Å²) >= 11 is 0. The van der Waals surface area contributed by atoms with Crippen LogP contribution in [0.25, 0.3) is 22.0 Å². The number of fused-ring (bicyclic) bond motifs is 1. The number of hydrogen-bond donors (Lipinski definition) is 3. The third kappa shape index (κ3) is 8.07. The molecule has 9 heteroatoms. The van der Waals surface area contributed by atoms with Crippen LogP contribution in [0.2, 0.25) is 0 Å². The van der Waals surface area contributed by atoms with Gasteiger partial charge in [-0.05, 0) is 85.3 Å². The minimum absolute atomic E-state index is 0.165. The largest absolute Gasteiger partial charge is 0.493 e. The highest BCUT2D eigenvalue weighted by Crippen LogP contribution is 2.36. The van der Waals surface area contributed by atoms with Gasteiger partial charge < -0.3 is 25.2 Å².